The molecule has 0 aliphatic carbocycles. The van der Waals surface area contributed by atoms with Crippen molar-refractivity contribution in [3.8, 4) is 0 Å². The van der Waals surface area contributed by atoms with Gasteiger partial charge in [0.15, 0.2) is 0 Å². The van der Waals surface area contributed by atoms with Crippen LogP contribution in [0.1, 0.15) is 6.92 Å². The van der Waals surface area contributed by atoms with Gasteiger partial charge in [0.05, 0.1) is 0 Å². The molecule has 0 aromatic carbocycles. The quantitative estimate of drug-likeness (QED) is 0.633. The Kier molecular flexibility index (Phi) is 4.69. The Morgan fingerprint density at radius 2 is 1.32 bits per heavy atom. The van der Waals surface area contributed by atoms with Gasteiger partial charge in [-0.1, -0.05) is 6.92 Å². The second-order valence-electron chi connectivity index (χ2n) is 3.21. The largest absolute Gasteiger partial charge is 0.459 e. The Labute approximate surface area is 99.4 Å². The fraction of sp³-hybridized carbons (Fsp3) is 1.00. The van der Waals surface area contributed by atoms with Crippen molar-refractivity contribution in [1.82, 2.24) is 0 Å². The van der Waals surface area contributed by atoms with Crippen LogP contribution in [0.5, 0.6) is 0 Å². The molecule has 0 radical (unpaired) electrons. The average Bonchev–Trinajstić information content (AvgIpc) is 2.13. The van der Waals surface area contributed by atoms with Crippen molar-refractivity contribution < 1.29 is 53.5 Å². The minimum Gasteiger partial charge on any atom is -0.324 e. The van der Waals surface area contributed by atoms with Gasteiger partial charge in [-0.25, -0.2) is 0 Å². The minimum absolute atomic E-state index is 0.628. The standard InChI is InChI=1S/C6H6F9O3P/c1-2-19(16,17)18-4(9,6(13,14)15)3(7,8)5(10,11)12/h2H2,1H3,(H,16,17). The molecule has 3 nitrogen and oxygen atoms in total. The molecule has 2 atom stereocenters. The fourth-order valence-corrected chi connectivity index (χ4v) is 1.47. The van der Waals surface area contributed by atoms with E-state index >= 15 is 0 Å². The summed E-state index contributed by atoms with van der Waals surface area (Å²) in [6.07, 6.45) is -15.2. The number of alkyl halides is 9. The summed E-state index contributed by atoms with van der Waals surface area (Å²) in [5, 5.41) is 0. The average molecular weight is 328 g/mol. The minimum atomic E-state index is -7.06. The Morgan fingerprint density at radius 3 is 1.53 bits per heavy atom. The topological polar surface area (TPSA) is 46.5 Å². The highest BCUT2D eigenvalue weighted by Gasteiger charge is 2.84. The summed E-state index contributed by atoms with van der Waals surface area (Å²) in [6, 6.07) is 0. The van der Waals surface area contributed by atoms with Crippen molar-refractivity contribution in [2.45, 2.75) is 31.1 Å². The molecule has 0 amide bonds. The van der Waals surface area contributed by atoms with Crippen LogP contribution in [-0.2, 0) is 9.09 Å². The summed E-state index contributed by atoms with van der Waals surface area (Å²) >= 11 is 0. The lowest BCUT2D eigenvalue weighted by Crippen LogP contribution is -2.63. The van der Waals surface area contributed by atoms with E-state index in [1.54, 1.807) is 0 Å². The molecule has 19 heavy (non-hydrogen) atoms. The molecule has 13 heteroatoms. The van der Waals surface area contributed by atoms with Crippen molar-refractivity contribution in [3.05, 3.63) is 0 Å². The van der Waals surface area contributed by atoms with Crippen LogP contribution in [-0.4, -0.2) is 35.2 Å². The lowest BCUT2D eigenvalue weighted by Gasteiger charge is -2.35. The summed E-state index contributed by atoms with van der Waals surface area (Å²) in [4.78, 5) is 8.54. The maximum absolute atomic E-state index is 13.1. The van der Waals surface area contributed by atoms with Gasteiger partial charge in [-0.2, -0.15) is 39.5 Å². The van der Waals surface area contributed by atoms with Gasteiger partial charge in [-0.15, -0.1) is 0 Å². The summed E-state index contributed by atoms with van der Waals surface area (Å²) in [7, 11) is -5.63. The highest BCUT2D eigenvalue weighted by molar-refractivity contribution is 7.52. The SMILES string of the molecule is CCP(=O)(O)OC(F)(C(F)(F)F)C(F)(F)C(F)(F)F. The molecule has 0 rings (SSSR count). The smallest absolute Gasteiger partial charge is 0.324 e. The van der Waals surface area contributed by atoms with E-state index in [9.17, 15) is 44.1 Å². The molecule has 0 fully saturated rings. The molecule has 0 saturated heterocycles. The predicted molar refractivity (Wildman–Crippen MR) is 42.3 cm³/mol. The van der Waals surface area contributed by atoms with Crippen LogP contribution in [0.2, 0.25) is 0 Å². The third-order valence-corrected chi connectivity index (χ3v) is 3.13. The second kappa shape index (κ2) is 4.81. The van der Waals surface area contributed by atoms with Gasteiger partial charge in [0, 0.05) is 6.16 Å². The zero-order chi connectivity index (χ0) is 15.9. The third-order valence-electron chi connectivity index (χ3n) is 1.79. The van der Waals surface area contributed by atoms with E-state index < -0.39 is 37.9 Å². The van der Waals surface area contributed by atoms with Gasteiger partial charge < -0.3 is 4.89 Å². The molecule has 0 saturated carbocycles. The molecular formula is C6H6F9O3P. The van der Waals surface area contributed by atoms with E-state index in [4.69, 9.17) is 4.89 Å². The first-order chi connectivity index (χ1) is 8.02. The first-order valence-electron chi connectivity index (χ1n) is 4.24. The summed E-state index contributed by atoms with van der Waals surface area (Å²) < 4.78 is 123. The lowest BCUT2D eigenvalue weighted by atomic mass is 10.1. The molecule has 0 heterocycles. The lowest BCUT2D eigenvalue weighted by molar-refractivity contribution is -0.433. The number of rotatable bonds is 4. The molecule has 2 unspecified atom stereocenters. The zero-order valence-corrected chi connectivity index (χ0v) is 9.71. The van der Waals surface area contributed by atoms with Crippen LogP contribution in [0.25, 0.3) is 0 Å². The maximum atomic E-state index is 13.1. The highest BCUT2D eigenvalue weighted by atomic mass is 31.2. The Bertz CT molecular complexity index is 375. The first kappa shape index (κ1) is 18.5. The Morgan fingerprint density at radius 1 is 0.947 bits per heavy atom. The molecule has 0 bridgehead atoms. The molecule has 0 aromatic heterocycles. The Hall–Kier alpha value is -0.480. The van der Waals surface area contributed by atoms with Crippen LogP contribution >= 0.6 is 7.60 Å². The van der Waals surface area contributed by atoms with Crippen LogP contribution in [0.3, 0.4) is 0 Å². The van der Waals surface area contributed by atoms with E-state index in [0.29, 0.717) is 6.92 Å². The van der Waals surface area contributed by atoms with E-state index in [1.807, 2.05) is 0 Å². The molecule has 0 aromatic rings. The van der Waals surface area contributed by atoms with Crippen LogP contribution in [0.4, 0.5) is 39.5 Å². The molecule has 1 N–H and O–H groups in total. The third kappa shape index (κ3) is 3.34. The fourth-order valence-electron chi connectivity index (χ4n) is 0.731. The van der Waals surface area contributed by atoms with Gasteiger partial charge in [0.2, 0.25) is 0 Å². The maximum Gasteiger partial charge on any atom is 0.459 e. The van der Waals surface area contributed by atoms with E-state index in [0.717, 1.165) is 0 Å². The molecular weight excluding hydrogens is 322 g/mol. The number of hydrogen-bond donors (Lipinski definition) is 1. The van der Waals surface area contributed by atoms with Gasteiger partial charge in [-0.3, -0.25) is 9.09 Å². The van der Waals surface area contributed by atoms with Crippen molar-refractivity contribution in [1.29, 1.82) is 0 Å². The van der Waals surface area contributed by atoms with E-state index in [2.05, 4.69) is 4.52 Å². The van der Waals surface area contributed by atoms with Crippen LogP contribution in [0.15, 0.2) is 0 Å². The Balaban J connectivity index is 5.92. The van der Waals surface area contributed by atoms with Crippen molar-refractivity contribution in [2.24, 2.45) is 0 Å². The van der Waals surface area contributed by atoms with Gasteiger partial charge in [0.1, 0.15) is 0 Å². The van der Waals surface area contributed by atoms with Gasteiger partial charge in [0.25, 0.3) is 0 Å². The molecule has 116 valence electrons. The summed E-state index contributed by atoms with van der Waals surface area (Å²) in [6.45, 7) is 0.628. The molecule has 0 aliphatic rings. The zero-order valence-electron chi connectivity index (χ0n) is 8.82. The summed E-state index contributed by atoms with van der Waals surface area (Å²) in [5.41, 5.74) is 0. The predicted octanol–water partition coefficient (Wildman–Crippen LogP) is 3.63. The van der Waals surface area contributed by atoms with E-state index in [-0.39, 0.29) is 0 Å². The second-order valence-corrected chi connectivity index (χ2v) is 5.30. The first-order valence-corrected chi connectivity index (χ1v) is 6.01. The number of hydrogen-bond acceptors (Lipinski definition) is 2. The summed E-state index contributed by atoms with van der Waals surface area (Å²) in [5.74, 6) is -13.7. The van der Waals surface area contributed by atoms with Crippen LogP contribution < -0.4 is 0 Å². The van der Waals surface area contributed by atoms with Crippen molar-refractivity contribution >= 4 is 7.60 Å². The van der Waals surface area contributed by atoms with Gasteiger partial charge in [-0.05, 0) is 0 Å². The molecule has 0 spiro atoms. The highest BCUT2D eigenvalue weighted by Crippen LogP contribution is 2.59. The van der Waals surface area contributed by atoms with Crippen molar-refractivity contribution in [3.63, 3.8) is 0 Å². The van der Waals surface area contributed by atoms with Gasteiger partial charge >= 0.3 is 31.7 Å². The van der Waals surface area contributed by atoms with Crippen LogP contribution in [0, 0.1) is 0 Å². The van der Waals surface area contributed by atoms with E-state index in [1.165, 1.54) is 0 Å². The normalized spacial score (nSPS) is 20.8. The monoisotopic (exact) mass is 328 g/mol. The molecule has 0 aliphatic heterocycles. The van der Waals surface area contributed by atoms with Crippen molar-refractivity contribution in [2.75, 3.05) is 6.16 Å². The number of halogens is 9.